The summed E-state index contributed by atoms with van der Waals surface area (Å²) in [6.45, 7) is 0.529. The van der Waals surface area contributed by atoms with E-state index in [2.05, 4.69) is 20.6 Å². The third-order valence-electron chi connectivity index (χ3n) is 3.72. The summed E-state index contributed by atoms with van der Waals surface area (Å²) in [5.41, 5.74) is 2.34. The van der Waals surface area contributed by atoms with Crippen LogP contribution in [0.3, 0.4) is 0 Å². The number of hydrogen-bond acceptors (Lipinski definition) is 6. The van der Waals surface area contributed by atoms with Crippen molar-refractivity contribution in [2.75, 3.05) is 6.79 Å². The molecule has 1 aromatic carbocycles. The molecule has 0 bridgehead atoms. The van der Waals surface area contributed by atoms with Gasteiger partial charge in [0.15, 0.2) is 11.5 Å². The van der Waals surface area contributed by atoms with Crippen LogP contribution in [0.2, 0.25) is 0 Å². The number of carbonyl (C=O) groups is 1. The minimum atomic E-state index is -0.102. The Morgan fingerprint density at radius 2 is 2.16 bits per heavy atom. The van der Waals surface area contributed by atoms with Crippen molar-refractivity contribution in [1.82, 2.24) is 25.3 Å². The number of carbonyl (C=O) groups excluding carboxylic acids is 1. The fourth-order valence-electron chi connectivity index (χ4n) is 2.48. The zero-order valence-electron chi connectivity index (χ0n) is 13.3. The fraction of sp³-hybridized carbons (Fsp3) is 0.176. The van der Waals surface area contributed by atoms with Gasteiger partial charge in [-0.2, -0.15) is 0 Å². The van der Waals surface area contributed by atoms with E-state index in [9.17, 15) is 4.79 Å². The van der Waals surface area contributed by atoms with Crippen LogP contribution in [0.4, 0.5) is 0 Å². The first-order valence-corrected chi connectivity index (χ1v) is 7.75. The average molecular weight is 337 g/mol. The van der Waals surface area contributed by atoms with Crippen LogP contribution in [0.1, 0.15) is 11.3 Å². The van der Waals surface area contributed by atoms with Crippen LogP contribution in [0.15, 0.2) is 48.9 Å². The summed E-state index contributed by atoms with van der Waals surface area (Å²) in [6, 6.07) is 9.18. The van der Waals surface area contributed by atoms with Crippen LogP contribution in [0, 0.1) is 0 Å². The third-order valence-corrected chi connectivity index (χ3v) is 3.72. The van der Waals surface area contributed by atoms with Crippen LogP contribution >= 0.6 is 0 Å². The van der Waals surface area contributed by atoms with Gasteiger partial charge in [0, 0.05) is 6.20 Å². The summed E-state index contributed by atoms with van der Waals surface area (Å²) in [5, 5.41) is 10.9. The molecule has 0 spiro atoms. The summed E-state index contributed by atoms with van der Waals surface area (Å²) in [7, 11) is 0. The van der Waals surface area contributed by atoms with Gasteiger partial charge < -0.3 is 14.8 Å². The minimum Gasteiger partial charge on any atom is -0.454 e. The van der Waals surface area contributed by atoms with Gasteiger partial charge in [-0.05, 0) is 29.8 Å². The van der Waals surface area contributed by atoms with Gasteiger partial charge in [0.1, 0.15) is 5.69 Å². The van der Waals surface area contributed by atoms with E-state index in [1.165, 1.54) is 0 Å². The van der Waals surface area contributed by atoms with E-state index in [4.69, 9.17) is 9.47 Å². The molecule has 1 N–H and O–H groups in total. The van der Waals surface area contributed by atoms with Crippen LogP contribution in [-0.4, -0.2) is 32.7 Å². The molecule has 0 atom stereocenters. The zero-order valence-corrected chi connectivity index (χ0v) is 13.3. The molecule has 2 aromatic heterocycles. The lowest BCUT2D eigenvalue weighted by molar-refractivity contribution is -0.120. The van der Waals surface area contributed by atoms with Crippen LogP contribution in [-0.2, 0) is 17.8 Å². The lowest BCUT2D eigenvalue weighted by Crippen LogP contribution is -2.24. The number of hydrogen-bond donors (Lipinski definition) is 1. The molecule has 1 aliphatic heterocycles. The monoisotopic (exact) mass is 337 g/mol. The van der Waals surface area contributed by atoms with Crippen molar-refractivity contribution < 1.29 is 14.3 Å². The van der Waals surface area contributed by atoms with Crippen molar-refractivity contribution in [2.24, 2.45) is 0 Å². The van der Waals surface area contributed by atoms with Gasteiger partial charge in [0.25, 0.3) is 0 Å². The Hall–Kier alpha value is -3.42. The van der Waals surface area contributed by atoms with Gasteiger partial charge in [-0.1, -0.05) is 11.3 Å². The average Bonchev–Trinajstić information content (AvgIpc) is 3.30. The number of amides is 1. The third kappa shape index (κ3) is 3.42. The molecule has 8 nitrogen and oxygen atoms in total. The van der Waals surface area contributed by atoms with E-state index in [-0.39, 0.29) is 19.1 Å². The maximum atomic E-state index is 12.1. The highest BCUT2D eigenvalue weighted by Gasteiger charge is 2.14. The highest BCUT2D eigenvalue weighted by atomic mass is 16.7. The standard InChI is InChI=1S/C17H15N5O3/c23-17(7-12-3-4-15-16(6-12)25-11-24-15)19-8-13-10-22(21-20-13)14-2-1-5-18-9-14/h1-6,9-10H,7-8,11H2,(H,19,23). The molecule has 1 aliphatic rings. The molecule has 0 radical (unpaired) electrons. The number of nitrogens with one attached hydrogen (secondary N) is 1. The predicted molar refractivity (Wildman–Crippen MR) is 87.3 cm³/mol. The first-order chi connectivity index (χ1) is 12.3. The lowest BCUT2D eigenvalue weighted by atomic mass is 10.1. The zero-order chi connectivity index (χ0) is 17.1. The Morgan fingerprint density at radius 3 is 3.04 bits per heavy atom. The van der Waals surface area contributed by atoms with E-state index in [0.717, 1.165) is 11.3 Å². The van der Waals surface area contributed by atoms with Gasteiger partial charge in [-0.15, -0.1) is 5.10 Å². The summed E-state index contributed by atoms with van der Waals surface area (Å²) in [6.07, 6.45) is 5.40. The van der Waals surface area contributed by atoms with E-state index >= 15 is 0 Å². The quantitative estimate of drug-likeness (QED) is 0.753. The van der Waals surface area contributed by atoms with Crippen molar-refractivity contribution in [3.8, 4) is 17.2 Å². The van der Waals surface area contributed by atoms with Crippen LogP contribution < -0.4 is 14.8 Å². The smallest absolute Gasteiger partial charge is 0.231 e. The first-order valence-electron chi connectivity index (χ1n) is 7.75. The lowest BCUT2D eigenvalue weighted by Gasteiger charge is -2.04. The molecule has 126 valence electrons. The molecule has 1 amide bonds. The highest BCUT2D eigenvalue weighted by molar-refractivity contribution is 5.78. The molecule has 3 heterocycles. The maximum Gasteiger partial charge on any atom is 0.231 e. The molecule has 0 saturated heterocycles. The first kappa shape index (κ1) is 15.1. The van der Waals surface area contributed by atoms with Gasteiger partial charge in [0.2, 0.25) is 12.7 Å². The van der Waals surface area contributed by atoms with E-state index in [1.54, 1.807) is 23.3 Å². The van der Waals surface area contributed by atoms with E-state index in [1.807, 2.05) is 30.3 Å². The molecule has 8 heteroatoms. The maximum absolute atomic E-state index is 12.1. The number of ether oxygens (including phenoxy) is 2. The molecule has 25 heavy (non-hydrogen) atoms. The van der Waals surface area contributed by atoms with Crippen LogP contribution in [0.5, 0.6) is 11.5 Å². The topological polar surface area (TPSA) is 91.2 Å². The number of fused-ring (bicyclic) bond motifs is 1. The Morgan fingerprint density at radius 1 is 1.24 bits per heavy atom. The van der Waals surface area contributed by atoms with E-state index < -0.39 is 0 Å². The Kier molecular flexibility index (Phi) is 3.99. The van der Waals surface area contributed by atoms with Gasteiger partial charge in [-0.3, -0.25) is 9.78 Å². The number of nitrogens with zero attached hydrogens (tertiary/aromatic N) is 4. The highest BCUT2D eigenvalue weighted by Crippen LogP contribution is 2.32. The van der Waals surface area contributed by atoms with Crippen molar-refractivity contribution >= 4 is 5.91 Å². The molecular weight excluding hydrogens is 322 g/mol. The summed E-state index contributed by atoms with van der Waals surface area (Å²) in [5.74, 6) is 1.27. The minimum absolute atomic E-state index is 0.102. The van der Waals surface area contributed by atoms with Crippen molar-refractivity contribution in [1.29, 1.82) is 0 Å². The molecule has 0 fully saturated rings. The second-order valence-electron chi connectivity index (χ2n) is 5.51. The number of benzene rings is 1. The second-order valence-corrected chi connectivity index (χ2v) is 5.51. The number of aromatic nitrogens is 4. The normalized spacial score (nSPS) is 12.2. The van der Waals surface area contributed by atoms with Crippen molar-refractivity contribution in [3.63, 3.8) is 0 Å². The summed E-state index contributed by atoms with van der Waals surface area (Å²) < 4.78 is 12.2. The van der Waals surface area contributed by atoms with Gasteiger partial charge >= 0.3 is 0 Å². The molecular formula is C17H15N5O3. The largest absolute Gasteiger partial charge is 0.454 e. The Balaban J connectivity index is 1.34. The summed E-state index contributed by atoms with van der Waals surface area (Å²) in [4.78, 5) is 16.2. The fourth-order valence-corrected chi connectivity index (χ4v) is 2.48. The van der Waals surface area contributed by atoms with Gasteiger partial charge in [0.05, 0.1) is 31.0 Å². The molecule has 4 rings (SSSR count). The molecule has 3 aromatic rings. The van der Waals surface area contributed by atoms with E-state index in [0.29, 0.717) is 23.7 Å². The Bertz CT molecular complexity index is 894. The molecule has 0 saturated carbocycles. The SMILES string of the molecule is O=C(Cc1ccc2c(c1)OCO2)NCc1cn(-c2cccnc2)nn1. The van der Waals surface area contributed by atoms with Gasteiger partial charge in [-0.25, -0.2) is 4.68 Å². The van der Waals surface area contributed by atoms with Crippen molar-refractivity contribution in [3.05, 3.63) is 60.2 Å². The predicted octanol–water partition coefficient (Wildman–Crippen LogP) is 1.25. The van der Waals surface area contributed by atoms with Crippen LogP contribution in [0.25, 0.3) is 5.69 Å². The Labute approximate surface area is 143 Å². The number of rotatable bonds is 5. The number of pyridine rings is 1. The van der Waals surface area contributed by atoms with Crippen molar-refractivity contribution in [2.45, 2.75) is 13.0 Å². The molecule has 0 unspecified atom stereocenters. The molecule has 0 aliphatic carbocycles. The second kappa shape index (κ2) is 6.60. The summed E-state index contributed by atoms with van der Waals surface area (Å²) >= 11 is 0.